The van der Waals surface area contributed by atoms with Crippen molar-refractivity contribution in [1.29, 1.82) is 0 Å². The summed E-state index contributed by atoms with van der Waals surface area (Å²) in [6.07, 6.45) is 32.4. The molecule has 2 aromatic carbocycles. The van der Waals surface area contributed by atoms with Crippen LogP contribution in [0.4, 0.5) is 0 Å². The van der Waals surface area contributed by atoms with Gasteiger partial charge in [0.2, 0.25) is 0 Å². The first-order valence-corrected chi connectivity index (χ1v) is 18.2. The van der Waals surface area contributed by atoms with Gasteiger partial charge in [-0.25, -0.2) is 12.1 Å². The van der Waals surface area contributed by atoms with Crippen molar-refractivity contribution >= 4 is 0 Å². The first kappa shape index (κ1) is 40.2. The minimum Gasteiger partial charge on any atom is -0.210 e. The van der Waals surface area contributed by atoms with E-state index >= 15 is 0 Å². The SMILES string of the molecule is CCCCCc1cc[c-](CCCCC)c1CCCCC.CCCCCc1cc[c-](CCCCC)c1CCCCC.[Fe+2]. The molecule has 41 heavy (non-hydrogen) atoms. The summed E-state index contributed by atoms with van der Waals surface area (Å²) in [6.45, 7) is 13.8. The van der Waals surface area contributed by atoms with Gasteiger partial charge in [0.1, 0.15) is 0 Å². The van der Waals surface area contributed by atoms with Gasteiger partial charge in [-0.2, -0.15) is 45.5 Å². The van der Waals surface area contributed by atoms with Crippen LogP contribution in [0, 0.1) is 0 Å². The molecule has 0 saturated heterocycles. The summed E-state index contributed by atoms with van der Waals surface area (Å²) in [5, 5.41) is 0. The van der Waals surface area contributed by atoms with Gasteiger partial charge in [-0.15, -0.1) is 0 Å². The van der Waals surface area contributed by atoms with E-state index in [0.29, 0.717) is 0 Å². The van der Waals surface area contributed by atoms with Gasteiger partial charge in [0.25, 0.3) is 0 Å². The Morgan fingerprint density at radius 1 is 0.390 bits per heavy atom. The van der Waals surface area contributed by atoms with Crippen LogP contribution in [-0.4, -0.2) is 0 Å². The summed E-state index contributed by atoms with van der Waals surface area (Å²) in [4.78, 5) is 0. The number of rotatable bonds is 24. The van der Waals surface area contributed by atoms with Crippen molar-refractivity contribution in [3.8, 4) is 0 Å². The zero-order valence-corrected chi connectivity index (χ0v) is 29.7. The van der Waals surface area contributed by atoms with Gasteiger partial charge in [0.15, 0.2) is 0 Å². The predicted molar refractivity (Wildman–Crippen MR) is 183 cm³/mol. The molecule has 0 atom stereocenters. The van der Waals surface area contributed by atoms with Gasteiger partial charge in [-0.1, -0.05) is 196 Å². The monoisotopic (exact) mass is 606 g/mol. The second-order valence-electron chi connectivity index (χ2n) is 12.5. The summed E-state index contributed by atoms with van der Waals surface area (Å²) < 4.78 is 0. The second kappa shape index (κ2) is 28.0. The molecule has 0 bridgehead atoms. The van der Waals surface area contributed by atoms with Gasteiger partial charge in [-0.3, -0.25) is 0 Å². The Morgan fingerprint density at radius 3 is 1.00 bits per heavy atom. The standard InChI is InChI=1S/2C20H35.Fe/c2*1-4-7-10-13-18-16-17-19(14-11-8-5-2)20(18)15-12-9-6-3;/h2*16-17H,4-15H2,1-3H3;/q2*-1;+2. The van der Waals surface area contributed by atoms with Crippen LogP contribution in [0.2, 0.25) is 0 Å². The van der Waals surface area contributed by atoms with E-state index in [9.17, 15) is 0 Å². The van der Waals surface area contributed by atoms with E-state index < -0.39 is 0 Å². The fourth-order valence-corrected chi connectivity index (χ4v) is 6.16. The van der Waals surface area contributed by atoms with Crippen molar-refractivity contribution in [1.82, 2.24) is 0 Å². The van der Waals surface area contributed by atoms with E-state index in [1.165, 1.54) is 154 Å². The van der Waals surface area contributed by atoms with Gasteiger partial charge >= 0.3 is 17.1 Å². The van der Waals surface area contributed by atoms with Crippen LogP contribution in [0.15, 0.2) is 24.3 Å². The third-order valence-corrected chi connectivity index (χ3v) is 8.78. The molecule has 0 aromatic heterocycles. The van der Waals surface area contributed by atoms with E-state index in [2.05, 4.69) is 65.8 Å². The largest absolute Gasteiger partial charge is 2.00 e. The molecule has 0 aliphatic rings. The Kier molecular flexibility index (Phi) is 27.5. The first-order valence-electron chi connectivity index (χ1n) is 18.2. The van der Waals surface area contributed by atoms with Crippen LogP contribution in [0.25, 0.3) is 0 Å². The quantitative estimate of drug-likeness (QED) is 0.0633. The minimum absolute atomic E-state index is 0. The maximum atomic E-state index is 2.43. The first-order chi connectivity index (χ1) is 19.7. The van der Waals surface area contributed by atoms with Crippen molar-refractivity contribution in [2.45, 2.75) is 196 Å². The number of hydrogen-bond donors (Lipinski definition) is 0. The molecular weight excluding hydrogens is 536 g/mol. The molecule has 0 heterocycles. The zero-order valence-electron chi connectivity index (χ0n) is 28.6. The molecule has 0 spiro atoms. The molecule has 0 aliphatic carbocycles. The summed E-state index contributed by atoms with van der Waals surface area (Å²) in [5.74, 6) is 0. The van der Waals surface area contributed by atoms with E-state index in [1.807, 2.05) is 0 Å². The average Bonchev–Trinajstić information content (AvgIpc) is 3.53. The number of unbranched alkanes of at least 4 members (excludes halogenated alkanes) is 12. The average molecular weight is 607 g/mol. The fourth-order valence-electron chi connectivity index (χ4n) is 6.16. The van der Waals surface area contributed by atoms with E-state index in [-0.39, 0.29) is 17.1 Å². The third kappa shape index (κ3) is 17.8. The third-order valence-electron chi connectivity index (χ3n) is 8.78. The van der Waals surface area contributed by atoms with E-state index in [1.54, 1.807) is 33.4 Å². The van der Waals surface area contributed by atoms with Gasteiger partial charge in [0.05, 0.1) is 0 Å². The molecule has 1 heteroatoms. The van der Waals surface area contributed by atoms with Crippen LogP contribution in [0.3, 0.4) is 0 Å². The van der Waals surface area contributed by atoms with Crippen molar-refractivity contribution < 1.29 is 17.1 Å². The summed E-state index contributed by atoms with van der Waals surface area (Å²) in [7, 11) is 0. The minimum atomic E-state index is 0. The van der Waals surface area contributed by atoms with Crippen molar-refractivity contribution in [2.24, 2.45) is 0 Å². The van der Waals surface area contributed by atoms with Crippen molar-refractivity contribution in [3.63, 3.8) is 0 Å². The Balaban J connectivity index is 0.000000762. The van der Waals surface area contributed by atoms with Gasteiger partial charge in [0, 0.05) is 0 Å². The van der Waals surface area contributed by atoms with Crippen LogP contribution in [0.5, 0.6) is 0 Å². The Bertz CT molecular complexity index is 684. The van der Waals surface area contributed by atoms with Crippen molar-refractivity contribution in [2.75, 3.05) is 0 Å². The molecule has 0 nitrogen and oxygen atoms in total. The molecule has 0 unspecified atom stereocenters. The van der Waals surface area contributed by atoms with Crippen molar-refractivity contribution in [3.05, 3.63) is 57.6 Å². The molecule has 0 saturated carbocycles. The second-order valence-corrected chi connectivity index (χ2v) is 12.5. The number of hydrogen-bond acceptors (Lipinski definition) is 0. The Morgan fingerprint density at radius 2 is 0.683 bits per heavy atom. The van der Waals surface area contributed by atoms with E-state index in [4.69, 9.17) is 0 Å². The summed E-state index contributed by atoms with van der Waals surface area (Å²) >= 11 is 0. The molecule has 2 rings (SSSR count). The zero-order chi connectivity index (χ0) is 29.3. The van der Waals surface area contributed by atoms with Gasteiger partial charge in [-0.05, 0) is 0 Å². The van der Waals surface area contributed by atoms with Crippen LogP contribution < -0.4 is 0 Å². The fraction of sp³-hybridized carbons (Fsp3) is 0.750. The summed E-state index contributed by atoms with van der Waals surface area (Å²) in [6, 6.07) is 9.72. The van der Waals surface area contributed by atoms with Gasteiger partial charge < -0.3 is 0 Å². The maximum absolute atomic E-state index is 2.43. The molecule has 0 amide bonds. The Labute approximate surface area is 269 Å². The smallest absolute Gasteiger partial charge is 0.210 e. The molecule has 0 N–H and O–H groups in total. The predicted octanol–water partition coefficient (Wildman–Crippen LogP) is 13.2. The topological polar surface area (TPSA) is 0 Å². The Hall–Kier alpha value is -0.781. The molecule has 0 fully saturated rings. The molecule has 0 radical (unpaired) electrons. The number of aryl methyl sites for hydroxylation is 4. The van der Waals surface area contributed by atoms with E-state index in [0.717, 1.165) is 0 Å². The molecular formula is C40H70Fe. The molecule has 0 aliphatic heterocycles. The normalized spacial score (nSPS) is 10.9. The summed E-state index contributed by atoms with van der Waals surface area (Å²) in [5.41, 5.74) is 10.1. The molecule has 2 aromatic rings. The molecule has 238 valence electrons. The van der Waals surface area contributed by atoms with Crippen LogP contribution >= 0.6 is 0 Å². The van der Waals surface area contributed by atoms with Crippen LogP contribution in [-0.2, 0) is 55.6 Å². The maximum Gasteiger partial charge on any atom is 2.00 e. The van der Waals surface area contributed by atoms with Crippen LogP contribution in [0.1, 0.15) is 190 Å².